The SMILES string of the molecule is CCCC[C@H](C#CCCCCCCCSCCCBr)O[Si](C)(C)C(C)(C)C. The van der Waals surface area contributed by atoms with Crippen molar-refractivity contribution in [2.75, 3.05) is 16.8 Å². The van der Waals surface area contributed by atoms with E-state index in [9.17, 15) is 0 Å². The summed E-state index contributed by atoms with van der Waals surface area (Å²) in [6.45, 7) is 13.9. The minimum atomic E-state index is -1.73. The second-order valence-corrected chi connectivity index (χ2v) is 15.8. The molecule has 0 N–H and O–H groups in total. The quantitative estimate of drug-likeness (QED) is 0.101. The molecule has 0 aliphatic heterocycles. The van der Waals surface area contributed by atoms with Gasteiger partial charge in [-0.1, -0.05) is 81.6 Å². The first-order chi connectivity index (χ1) is 12.7. The summed E-state index contributed by atoms with van der Waals surface area (Å²) in [5, 5.41) is 1.40. The van der Waals surface area contributed by atoms with E-state index in [1.807, 2.05) is 0 Å². The van der Waals surface area contributed by atoms with E-state index in [0.717, 1.165) is 18.2 Å². The van der Waals surface area contributed by atoms with Gasteiger partial charge in [0, 0.05) is 11.8 Å². The number of thioether (sulfide) groups is 1. The van der Waals surface area contributed by atoms with Crippen LogP contribution in [0.15, 0.2) is 0 Å². The molecule has 4 heteroatoms. The van der Waals surface area contributed by atoms with Gasteiger partial charge in [-0.05, 0) is 55.3 Å². The summed E-state index contributed by atoms with van der Waals surface area (Å²) in [4.78, 5) is 0. The Hall–Kier alpha value is 0.567. The lowest BCUT2D eigenvalue weighted by Crippen LogP contribution is -2.43. The third-order valence-corrected chi connectivity index (χ3v) is 11.5. The predicted octanol–water partition coefficient (Wildman–Crippen LogP) is 8.43. The number of rotatable bonds is 15. The first-order valence-corrected chi connectivity index (χ1v) is 16.2. The molecule has 0 aliphatic carbocycles. The lowest BCUT2D eigenvalue weighted by atomic mass is 10.1. The van der Waals surface area contributed by atoms with Crippen LogP contribution in [0.2, 0.25) is 18.1 Å². The molecule has 0 spiro atoms. The highest BCUT2D eigenvalue weighted by Gasteiger charge is 2.38. The van der Waals surface area contributed by atoms with Crippen molar-refractivity contribution in [2.45, 2.75) is 116 Å². The van der Waals surface area contributed by atoms with Crippen molar-refractivity contribution in [2.24, 2.45) is 0 Å². The molecule has 0 saturated heterocycles. The normalized spacial score (nSPS) is 13.3. The van der Waals surface area contributed by atoms with Crippen molar-refractivity contribution in [3.05, 3.63) is 0 Å². The topological polar surface area (TPSA) is 9.23 Å². The highest BCUT2D eigenvalue weighted by atomic mass is 79.9. The summed E-state index contributed by atoms with van der Waals surface area (Å²) in [7, 11) is -1.73. The van der Waals surface area contributed by atoms with Gasteiger partial charge in [0.2, 0.25) is 0 Å². The van der Waals surface area contributed by atoms with E-state index in [1.165, 1.54) is 62.9 Å². The molecule has 0 saturated carbocycles. The molecular weight excluding hydrogens is 432 g/mol. The van der Waals surface area contributed by atoms with Crippen molar-refractivity contribution in [3.8, 4) is 11.8 Å². The number of unbranched alkanes of at least 4 members (excludes halogenated alkanes) is 6. The molecular formula is C23H45BrOSSi. The summed E-state index contributed by atoms with van der Waals surface area (Å²) in [6.07, 6.45) is 12.7. The predicted molar refractivity (Wildman–Crippen MR) is 133 cm³/mol. The van der Waals surface area contributed by atoms with Crippen molar-refractivity contribution in [1.82, 2.24) is 0 Å². The van der Waals surface area contributed by atoms with Gasteiger partial charge in [-0.25, -0.2) is 0 Å². The first-order valence-electron chi connectivity index (χ1n) is 11.0. The third-order valence-electron chi connectivity index (χ3n) is 5.34. The van der Waals surface area contributed by atoms with E-state index < -0.39 is 8.32 Å². The largest absolute Gasteiger partial charge is 0.403 e. The number of halogens is 1. The fourth-order valence-electron chi connectivity index (χ4n) is 2.48. The second-order valence-electron chi connectivity index (χ2n) is 9.00. The van der Waals surface area contributed by atoms with Gasteiger partial charge in [-0.15, -0.1) is 5.92 Å². The molecule has 0 aromatic heterocycles. The Morgan fingerprint density at radius 2 is 1.59 bits per heavy atom. The van der Waals surface area contributed by atoms with Crippen LogP contribution < -0.4 is 0 Å². The number of alkyl halides is 1. The van der Waals surface area contributed by atoms with Gasteiger partial charge < -0.3 is 4.43 Å². The van der Waals surface area contributed by atoms with Gasteiger partial charge in [-0.2, -0.15) is 11.8 Å². The highest BCUT2D eigenvalue weighted by Crippen LogP contribution is 2.37. The molecule has 0 aromatic carbocycles. The number of hydrogen-bond acceptors (Lipinski definition) is 2. The fourth-order valence-corrected chi connectivity index (χ4v) is 5.33. The maximum Gasteiger partial charge on any atom is 0.193 e. The van der Waals surface area contributed by atoms with Crippen LogP contribution in [0.3, 0.4) is 0 Å². The van der Waals surface area contributed by atoms with Crippen LogP contribution in [0, 0.1) is 11.8 Å². The van der Waals surface area contributed by atoms with Crippen LogP contribution in [-0.2, 0) is 4.43 Å². The average Bonchev–Trinajstić information content (AvgIpc) is 2.59. The minimum Gasteiger partial charge on any atom is -0.403 e. The Labute approximate surface area is 184 Å². The van der Waals surface area contributed by atoms with Crippen LogP contribution in [-0.4, -0.2) is 31.3 Å². The lowest BCUT2D eigenvalue weighted by Gasteiger charge is -2.38. The van der Waals surface area contributed by atoms with Crippen molar-refractivity contribution >= 4 is 36.0 Å². The molecule has 0 unspecified atom stereocenters. The summed E-state index contributed by atoms with van der Waals surface area (Å²) >= 11 is 5.59. The Balaban J connectivity index is 4.03. The van der Waals surface area contributed by atoms with Gasteiger partial charge in [0.05, 0.1) is 0 Å². The Bertz CT molecular complexity index is 409. The summed E-state index contributed by atoms with van der Waals surface area (Å²) in [5.74, 6) is 9.53. The van der Waals surface area contributed by atoms with Crippen LogP contribution in [0.1, 0.15) is 91.9 Å². The van der Waals surface area contributed by atoms with E-state index in [2.05, 4.69) is 80.3 Å². The number of hydrogen-bond donors (Lipinski definition) is 0. The molecule has 0 aliphatic rings. The maximum absolute atomic E-state index is 6.56. The summed E-state index contributed by atoms with van der Waals surface area (Å²) in [5.41, 5.74) is 0. The molecule has 0 heterocycles. The van der Waals surface area contributed by atoms with Crippen molar-refractivity contribution in [3.63, 3.8) is 0 Å². The first kappa shape index (κ1) is 27.6. The second kappa shape index (κ2) is 16.4. The van der Waals surface area contributed by atoms with Crippen LogP contribution >= 0.6 is 27.7 Å². The highest BCUT2D eigenvalue weighted by molar-refractivity contribution is 9.09. The fraction of sp³-hybridized carbons (Fsp3) is 0.913. The molecule has 0 radical (unpaired) electrons. The molecule has 0 fully saturated rings. The van der Waals surface area contributed by atoms with Crippen molar-refractivity contribution in [1.29, 1.82) is 0 Å². The Morgan fingerprint density at radius 3 is 2.22 bits per heavy atom. The molecule has 0 amide bonds. The van der Waals surface area contributed by atoms with E-state index in [4.69, 9.17) is 4.43 Å². The Morgan fingerprint density at radius 1 is 0.963 bits per heavy atom. The molecule has 1 nitrogen and oxygen atoms in total. The molecule has 0 aromatic rings. The average molecular weight is 478 g/mol. The zero-order chi connectivity index (χ0) is 20.6. The van der Waals surface area contributed by atoms with Crippen LogP contribution in [0.25, 0.3) is 0 Å². The van der Waals surface area contributed by atoms with Crippen molar-refractivity contribution < 1.29 is 4.43 Å². The smallest absolute Gasteiger partial charge is 0.193 e. The molecule has 0 bridgehead atoms. The maximum atomic E-state index is 6.56. The van der Waals surface area contributed by atoms with E-state index in [1.54, 1.807) is 0 Å². The van der Waals surface area contributed by atoms with Gasteiger partial charge in [0.1, 0.15) is 6.10 Å². The molecule has 1 atom stereocenters. The monoisotopic (exact) mass is 476 g/mol. The minimum absolute atomic E-state index is 0.141. The van der Waals surface area contributed by atoms with Crippen LogP contribution in [0.5, 0.6) is 0 Å². The molecule has 160 valence electrons. The van der Waals surface area contributed by atoms with Gasteiger partial charge in [-0.3, -0.25) is 0 Å². The van der Waals surface area contributed by atoms with E-state index in [0.29, 0.717) is 0 Å². The van der Waals surface area contributed by atoms with Gasteiger partial charge >= 0.3 is 0 Å². The standard InChI is InChI=1S/C23H45BrOSSi/c1-7-8-17-22(25-27(5,6)23(2,3)4)18-14-12-10-9-11-13-15-20-26-21-16-19-24/h22H,7-13,15-17,19-21H2,1-6H3/t22-/m1/s1. The van der Waals surface area contributed by atoms with E-state index >= 15 is 0 Å². The molecule has 0 rings (SSSR count). The van der Waals surface area contributed by atoms with Gasteiger partial charge in [0.25, 0.3) is 0 Å². The summed E-state index contributed by atoms with van der Waals surface area (Å²) in [6, 6.07) is 0. The Kier molecular flexibility index (Phi) is 16.7. The third kappa shape index (κ3) is 15.1. The zero-order valence-electron chi connectivity index (χ0n) is 19.0. The van der Waals surface area contributed by atoms with E-state index in [-0.39, 0.29) is 11.1 Å². The van der Waals surface area contributed by atoms with Crippen LogP contribution in [0.4, 0.5) is 0 Å². The zero-order valence-corrected chi connectivity index (χ0v) is 22.4. The summed E-state index contributed by atoms with van der Waals surface area (Å²) < 4.78 is 6.56. The molecule has 27 heavy (non-hydrogen) atoms. The van der Waals surface area contributed by atoms with Gasteiger partial charge in [0.15, 0.2) is 8.32 Å². The lowest BCUT2D eigenvalue weighted by molar-refractivity contribution is 0.220.